The SMILES string of the molecule is Cc1cn(CC(=O)N[C@@H]2CCCCN(Cc3ccccc3Cl)C2)c(=O)[nH]c1=O. The van der Waals surface area contributed by atoms with E-state index in [0.717, 1.165) is 49.5 Å². The molecule has 3 rings (SSSR count). The molecule has 1 fully saturated rings. The number of rotatable bonds is 5. The number of likely N-dealkylation sites (tertiary alicyclic amines) is 1. The lowest BCUT2D eigenvalue weighted by Crippen LogP contribution is -2.45. The molecule has 0 bridgehead atoms. The summed E-state index contributed by atoms with van der Waals surface area (Å²) in [6.45, 7) is 3.92. The molecule has 8 heteroatoms. The second-order valence-corrected chi connectivity index (χ2v) is 7.69. The van der Waals surface area contributed by atoms with Gasteiger partial charge in [0.2, 0.25) is 5.91 Å². The highest BCUT2D eigenvalue weighted by Crippen LogP contribution is 2.19. The number of benzene rings is 1. The van der Waals surface area contributed by atoms with Gasteiger partial charge in [0, 0.05) is 35.9 Å². The van der Waals surface area contributed by atoms with Crippen LogP contribution in [0.4, 0.5) is 0 Å². The zero-order valence-corrected chi connectivity index (χ0v) is 16.7. The fourth-order valence-corrected chi connectivity index (χ4v) is 3.71. The largest absolute Gasteiger partial charge is 0.351 e. The van der Waals surface area contributed by atoms with Gasteiger partial charge in [0.25, 0.3) is 5.56 Å². The van der Waals surface area contributed by atoms with Crippen molar-refractivity contribution in [1.29, 1.82) is 0 Å². The molecule has 0 unspecified atom stereocenters. The molecule has 2 aromatic rings. The van der Waals surface area contributed by atoms with Crippen molar-refractivity contribution in [3.05, 3.63) is 67.4 Å². The molecule has 1 atom stereocenters. The van der Waals surface area contributed by atoms with Gasteiger partial charge in [0.15, 0.2) is 0 Å². The Morgan fingerprint density at radius 2 is 2.07 bits per heavy atom. The van der Waals surface area contributed by atoms with Crippen LogP contribution in [-0.4, -0.2) is 39.5 Å². The molecule has 28 heavy (non-hydrogen) atoms. The molecular weight excluding hydrogens is 380 g/mol. The summed E-state index contributed by atoms with van der Waals surface area (Å²) in [5.41, 5.74) is 0.465. The first kappa shape index (κ1) is 20.4. The summed E-state index contributed by atoms with van der Waals surface area (Å²) in [5, 5.41) is 3.78. The number of halogens is 1. The maximum Gasteiger partial charge on any atom is 0.328 e. The van der Waals surface area contributed by atoms with E-state index in [0.29, 0.717) is 5.56 Å². The van der Waals surface area contributed by atoms with Crippen LogP contribution >= 0.6 is 11.6 Å². The van der Waals surface area contributed by atoms with E-state index in [1.54, 1.807) is 6.92 Å². The minimum absolute atomic E-state index is 0.0112. The van der Waals surface area contributed by atoms with E-state index in [-0.39, 0.29) is 18.5 Å². The Labute approximate surface area is 168 Å². The molecule has 0 aliphatic carbocycles. The quantitative estimate of drug-likeness (QED) is 0.793. The molecule has 7 nitrogen and oxygen atoms in total. The fourth-order valence-electron chi connectivity index (χ4n) is 3.51. The third-order valence-electron chi connectivity index (χ3n) is 4.98. The molecular formula is C20H25ClN4O3. The van der Waals surface area contributed by atoms with E-state index in [1.165, 1.54) is 10.8 Å². The van der Waals surface area contributed by atoms with E-state index in [1.807, 2.05) is 24.3 Å². The van der Waals surface area contributed by atoms with Crippen LogP contribution in [0.15, 0.2) is 40.1 Å². The average molecular weight is 405 g/mol. The molecule has 1 amide bonds. The second-order valence-electron chi connectivity index (χ2n) is 7.29. The lowest BCUT2D eigenvalue weighted by molar-refractivity contribution is -0.122. The molecule has 2 N–H and O–H groups in total. The zero-order chi connectivity index (χ0) is 20.1. The Balaban J connectivity index is 1.62. The number of aryl methyl sites for hydroxylation is 1. The highest BCUT2D eigenvalue weighted by atomic mass is 35.5. The fraction of sp³-hybridized carbons (Fsp3) is 0.450. The maximum absolute atomic E-state index is 12.5. The number of hydrogen-bond acceptors (Lipinski definition) is 4. The monoisotopic (exact) mass is 404 g/mol. The standard InChI is InChI=1S/C20H25ClN4O3/c1-14-10-25(20(28)23-19(14)27)13-18(26)22-16-7-4-5-9-24(12-16)11-15-6-2-3-8-17(15)21/h2-3,6,8,10,16H,4-5,7,9,11-13H2,1H3,(H,22,26)(H,23,27,28)/t16-/m1/s1. The number of H-pyrrole nitrogens is 1. The van der Waals surface area contributed by atoms with Gasteiger partial charge in [-0.2, -0.15) is 0 Å². The number of carbonyl (C=O) groups is 1. The molecule has 0 saturated carbocycles. The van der Waals surface area contributed by atoms with E-state index in [9.17, 15) is 14.4 Å². The lowest BCUT2D eigenvalue weighted by Gasteiger charge is -2.25. The first-order valence-electron chi connectivity index (χ1n) is 9.48. The van der Waals surface area contributed by atoms with Crippen molar-refractivity contribution in [1.82, 2.24) is 19.8 Å². The van der Waals surface area contributed by atoms with Crippen molar-refractivity contribution in [2.75, 3.05) is 13.1 Å². The van der Waals surface area contributed by atoms with E-state index in [2.05, 4.69) is 15.2 Å². The van der Waals surface area contributed by atoms with E-state index in [4.69, 9.17) is 11.6 Å². The van der Waals surface area contributed by atoms with E-state index >= 15 is 0 Å². The van der Waals surface area contributed by atoms with Gasteiger partial charge in [0.1, 0.15) is 6.54 Å². The number of amides is 1. The van der Waals surface area contributed by atoms with Crippen LogP contribution in [0.25, 0.3) is 0 Å². The summed E-state index contributed by atoms with van der Waals surface area (Å²) < 4.78 is 1.23. The molecule has 1 aromatic heterocycles. The van der Waals surface area contributed by atoms with Gasteiger partial charge in [-0.1, -0.05) is 36.2 Å². The first-order chi connectivity index (χ1) is 13.4. The van der Waals surface area contributed by atoms with Gasteiger partial charge in [-0.25, -0.2) is 4.79 Å². The second kappa shape index (κ2) is 9.21. The number of hydrogen-bond donors (Lipinski definition) is 2. The zero-order valence-electron chi connectivity index (χ0n) is 15.9. The van der Waals surface area contributed by atoms with Crippen molar-refractivity contribution in [3.8, 4) is 0 Å². The summed E-state index contributed by atoms with van der Waals surface area (Å²) in [6.07, 6.45) is 4.40. The Morgan fingerprint density at radius 3 is 2.86 bits per heavy atom. The van der Waals surface area contributed by atoms with Gasteiger partial charge < -0.3 is 5.32 Å². The topological polar surface area (TPSA) is 87.2 Å². The van der Waals surface area contributed by atoms with Crippen LogP contribution < -0.4 is 16.6 Å². The van der Waals surface area contributed by atoms with Crippen LogP contribution in [0.1, 0.15) is 30.4 Å². The van der Waals surface area contributed by atoms with Gasteiger partial charge in [-0.15, -0.1) is 0 Å². The number of aromatic nitrogens is 2. The molecule has 0 spiro atoms. The molecule has 1 saturated heterocycles. The third-order valence-corrected chi connectivity index (χ3v) is 5.34. The average Bonchev–Trinajstić information content (AvgIpc) is 2.86. The number of nitrogens with zero attached hydrogens (tertiary/aromatic N) is 2. The number of aromatic amines is 1. The van der Waals surface area contributed by atoms with Crippen LogP contribution in [0.3, 0.4) is 0 Å². The first-order valence-corrected chi connectivity index (χ1v) is 9.85. The van der Waals surface area contributed by atoms with Crippen LogP contribution in [-0.2, 0) is 17.9 Å². The van der Waals surface area contributed by atoms with Gasteiger partial charge in [-0.05, 0) is 37.9 Å². The van der Waals surface area contributed by atoms with Gasteiger partial charge >= 0.3 is 5.69 Å². The Morgan fingerprint density at radius 1 is 1.29 bits per heavy atom. The van der Waals surface area contributed by atoms with Crippen molar-refractivity contribution >= 4 is 17.5 Å². The van der Waals surface area contributed by atoms with Crippen LogP contribution in [0.5, 0.6) is 0 Å². The molecule has 1 aliphatic rings. The van der Waals surface area contributed by atoms with Crippen molar-refractivity contribution < 1.29 is 4.79 Å². The van der Waals surface area contributed by atoms with Crippen molar-refractivity contribution in [2.45, 2.75) is 45.3 Å². The highest BCUT2D eigenvalue weighted by Gasteiger charge is 2.21. The predicted molar refractivity (Wildman–Crippen MR) is 109 cm³/mol. The molecule has 0 radical (unpaired) electrons. The molecule has 150 valence electrons. The van der Waals surface area contributed by atoms with Crippen LogP contribution in [0, 0.1) is 6.92 Å². The van der Waals surface area contributed by atoms with Gasteiger partial charge in [0.05, 0.1) is 0 Å². The Hall–Kier alpha value is -2.38. The predicted octanol–water partition coefficient (Wildman–Crippen LogP) is 1.67. The summed E-state index contributed by atoms with van der Waals surface area (Å²) >= 11 is 6.28. The van der Waals surface area contributed by atoms with E-state index < -0.39 is 11.2 Å². The van der Waals surface area contributed by atoms with Crippen LogP contribution in [0.2, 0.25) is 5.02 Å². The smallest absolute Gasteiger partial charge is 0.328 e. The summed E-state index contributed by atoms with van der Waals surface area (Å²) in [6, 6.07) is 7.81. The Kier molecular flexibility index (Phi) is 6.70. The highest BCUT2D eigenvalue weighted by molar-refractivity contribution is 6.31. The maximum atomic E-state index is 12.5. The third kappa shape index (κ3) is 5.33. The van der Waals surface area contributed by atoms with Crippen molar-refractivity contribution in [3.63, 3.8) is 0 Å². The summed E-state index contributed by atoms with van der Waals surface area (Å²) in [5.74, 6) is -0.238. The summed E-state index contributed by atoms with van der Waals surface area (Å²) in [7, 11) is 0. The summed E-state index contributed by atoms with van der Waals surface area (Å²) in [4.78, 5) is 40.3. The Bertz CT molecular complexity index is 953. The molecule has 1 aromatic carbocycles. The minimum atomic E-state index is -0.577. The van der Waals surface area contributed by atoms with Crippen molar-refractivity contribution in [2.24, 2.45) is 0 Å². The molecule has 1 aliphatic heterocycles. The lowest BCUT2D eigenvalue weighted by atomic mass is 10.1. The normalized spacial score (nSPS) is 17.9. The number of carbonyl (C=O) groups excluding carboxylic acids is 1. The molecule has 2 heterocycles. The minimum Gasteiger partial charge on any atom is -0.351 e. The number of nitrogens with one attached hydrogen (secondary N) is 2. The van der Waals surface area contributed by atoms with Gasteiger partial charge in [-0.3, -0.25) is 24.0 Å².